The highest BCUT2D eigenvalue weighted by molar-refractivity contribution is 5.38. The van der Waals surface area contributed by atoms with Crippen LogP contribution in [-0.4, -0.2) is 56.7 Å². The van der Waals surface area contributed by atoms with Gasteiger partial charge in [-0.1, -0.05) is 26.0 Å². The second kappa shape index (κ2) is 7.81. The van der Waals surface area contributed by atoms with E-state index in [-0.39, 0.29) is 0 Å². The third-order valence-corrected chi connectivity index (χ3v) is 4.49. The van der Waals surface area contributed by atoms with Crippen molar-refractivity contribution in [3.63, 3.8) is 0 Å². The molecule has 0 unspecified atom stereocenters. The summed E-state index contributed by atoms with van der Waals surface area (Å²) >= 11 is 0. The van der Waals surface area contributed by atoms with Crippen molar-refractivity contribution in [3.8, 4) is 5.75 Å². The smallest absolute Gasteiger partial charge is 0.122 e. The Morgan fingerprint density at radius 2 is 1.86 bits per heavy atom. The van der Waals surface area contributed by atoms with Crippen molar-refractivity contribution >= 4 is 0 Å². The lowest BCUT2D eigenvalue weighted by molar-refractivity contribution is 0.153. The Bertz CT molecular complexity index is 437. The molecule has 1 saturated heterocycles. The van der Waals surface area contributed by atoms with E-state index in [1.807, 2.05) is 0 Å². The fourth-order valence-corrected chi connectivity index (χ4v) is 2.92. The minimum Gasteiger partial charge on any atom is -0.496 e. The van der Waals surface area contributed by atoms with Gasteiger partial charge in [-0.15, -0.1) is 0 Å². The van der Waals surface area contributed by atoms with E-state index in [0.717, 1.165) is 12.2 Å². The summed E-state index contributed by atoms with van der Waals surface area (Å²) in [6.45, 7) is 10.5. The van der Waals surface area contributed by atoms with Crippen molar-refractivity contribution < 1.29 is 4.74 Å². The van der Waals surface area contributed by atoms with Crippen LogP contribution in [0.3, 0.4) is 0 Å². The average Bonchev–Trinajstić information content (AvgIpc) is 2.49. The zero-order valence-corrected chi connectivity index (χ0v) is 14.1. The zero-order chi connectivity index (χ0) is 15.2. The molecule has 1 heterocycles. The maximum absolute atomic E-state index is 5.52. The van der Waals surface area contributed by atoms with E-state index >= 15 is 0 Å². The van der Waals surface area contributed by atoms with E-state index in [0.29, 0.717) is 5.92 Å². The van der Waals surface area contributed by atoms with Crippen LogP contribution < -0.4 is 4.74 Å². The Balaban J connectivity index is 1.88. The average molecular weight is 290 g/mol. The van der Waals surface area contributed by atoms with Gasteiger partial charge in [0, 0.05) is 26.2 Å². The lowest BCUT2D eigenvalue weighted by atomic mass is 9.98. The van der Waals surface area contributed by atoms with Crippen LogP contribution in [-0.2, 0) is 6.42 Å². The van der Waals surface area contributed by atoms with Crippen LogP contribution in [0.5, 0.6) is 5.75 Å². The van der Waals surface area contributed by atoms with Crippen molar-refractivity contribution in [1.82, 2.24) is 9.80 Å². The maximum atomic E-state index is 5.52. The molecule has 0 radical (unpaired) electrons. The largest absolute Gasteiger partial charge is 0.496 e. The number of likely N-dealkylation sites (N-methyl/N-ethyl adjacent to an activating group) is 1. The first-order chi connectivity index (χ1) is 10.1. The second-order valence-electron chi connectivity index (χ2n) is 6.47. The van der Waals surface area contributed by atoms with Crippen LogP contribution in [0.1, 0.15) is 37.3 Å². The highest BCUT2D eigenvalue weighted by atomic mass is 16.5. The molecule has 0 spiro atoms. The van der Waals surface area contributed by atoms with Crippen molar-refractivity contribution in [2.75, 3.05) is 46.9 Å². The van der Waals surface area contributed by atoms with E-state index in [1.165, 1.54) is 50.3 Å². The maximum Gasteiger partial charge on any atom is 0.122 e. The number of piperazine rings is 1. The molecule has 0 aliphatic carbocycles. The van der Waals surface area contributed by atoms with Crippen LogP contribution in [0.4, 0.5) is 0 Å². The molecule has 3 heteroatoms. The molecule has 1 aromatic carbocycles. The summed E-state index contributed by atoms with van der Waals surface area (Å²) in [7, 11) is 3.98. The molecule has 21 heavy (non-hydrogen) atoms. The molecule has 0 N–H and O–H groups in total. The molecule has 0 saturated carbocycles. The van der Waals surface area contributed by atoms with Gasteiger partial charge in [-0.2, -0.15) is 0 Å². The first-order valence-electron chi connectivity index (χ1n) is 8.18. The molecule has 2 rings (SSSR count). The summed E-state index contributed by atoms with van der Waals surface area (Å²) in [5.41, 5.74) is 2.77. The molecule has 0 aromatic heterocycles. The fourth-order valence-electron chi connectivity index (χ4n) is 2.92. The van der Waals surface area contributed by atoms with E-state index in [1.54, 1.807) is 7.11 Å². The Labute approximate surface area is 129 Å². The van der Waals surface area contributed by atoms with Crippen LogP contribution >= 0.6 is 0 Å². The lowest BCUT2D eigenvalue weighted by Gasteiger charge is -2.32. The van der Waals surface area contributed by atoms with Crippen molar-refractivity contribution in [3.05, 3.63) is 29.3 Å². The highest BCUT2D eigenvalue weighted by Crippen LogP contribution is 2.25. The minimum absolute atomic E-state index is 0.576. The molecule has 0 bridgehead atoms. The number of aryl methyl sites for hydroxylation is 1. The number of rotatable bonds is 6. The third kappa shape index (κ3) is 4.72. The fraction of sp³-hybridized carbons (Fsp3) is 0.667. The molecular weight excluding hydrogens is 260 g/mol. The van der Waals surface area contributed by atoms with Crippen LogP contribution in [0.2, 0.25) is 0 Å². The Hall–Kier alpha value is -1.06. The van der Waals surface area contributed by atoms with Gasteiger partial charge in [0.2, 0.25) is 0 Å². The first-order valence-corrected chi connectivity index (χ1v) is 8.18. The number of ether oxygens (including phenoxy) is 1. The predicted octanol–water partition coefficient (Wildman–Crippen LogP) is 3.00. The SMILES string of the molecule is COc1ccc(C(C)C)cc1CCCN1CCN(C)CC1. The Kier molecular flexibility index (Phi) is 6.07. The highest BCUT2D eigenvalue weighted by Gasteiger charge is 2.13. The molecule has 1 aliphatic heterocycles. The van der Waals surface area contributed by atoms with Gasteiger partial charge in [-0.3, -0.25) is 0 Å². The van der Waals surface area contributed by atoms with E-state index in [9.17, 15) is 0 Å². The van der Waals surface area contributed by atoms with Crippen LogP contribution in [0.25, 0.3) is 0 Å². The van der Waals surface area contributed by atoms with Crippen molar-refractivity contribution in [1.29, 1.82) is 0 Å². The van der Waals surface area contributed by atoms with Gasteiger partial charge in [0.15, 0.2) is 0 Å². The van der Waals surface area contributed by atoms with Gasteiger partial charge in [-0.05, 0) is 49.5 Å². The normalized spacial score (nSPS) is 17.4. The molecule has 0 amide bonds. The zero-order valence-electron chi connectivity index (χ0n) is 14.1. The molecule has 1 aliphatic rings. The van der Waals surface area contributed by atoms with Crippen LogP contribution in [0, 0.1) is 0 Å². The monoisotopic (exact) mass is 290 g/mol. The standard InChI is InChI=1S/C18H30N2O/c1-15(2)16-7-8-18(21-4)17(14-16)6-5-9-20-12-10-19(3)11-13-20/h7-8,14-15H,5-6,9-13H2,1-4H3. The second-order valence-corrected chi connectivity index (χ2v) is 6.47. The van der Waals surface area contributed by atoms with E-state index in [2.05, 4.69) is 48.9 Å². The van der Waals surface area contributed by atoms with E-state index < -0.39 is 0 Å². The molecule has 1 fully saturated rings. The number of methoxy groups -OCH3 is 1. The summed E-state index contributed by atoms with van der Waals surface area (Å²) in [6.07, 6.45) is 2.32. The molecule has 118 valence electrons. The van der Waals surface area contributed by atoms with Crippen LogP contribution in [0.15, 0.2) is 18.2 Å². The lowest BCUT2D eigenvalue weighted by Crippen LogP contribution is -2.44. The number of hydrogen-bond donors (Lipinski definition) is 0. The number of nitrogens with zero attached hydrogens (tertiary/aromatic N) is 2. The Morgan fingerprint density at radius 1 is 1.14 bits per heavy atom. The van der Waals surface area contributed by atoms with Gasteiger partial charge in [-0.25, -0.2) is 0 Å². The molecule has 1 aromatic rings. The summed E-state index contributed by atoms with van der Waals surface area (Å²) in [4.78, 5) is 4.99. The Morgan fingerprint density at radius 3 is 2.48 bits per heavy atom. The van der Waals surface area contributed by atoms with Gasteiger partial charge >= 0.3 is 0 Å². The van der Waals surface area contributed by atoms with Gasteiger partial charge < -0.3 is 14.5 Å². The molecule has 3 nitrogen and oxygen atoms in total. The topological polar surface area (TPSA) is 15.7 Å². The number of hydrogen-bond acceptors (Lipinski definition) is 3. The summed E-state index contributed by atoms with van der Waals surface area (Å²) in [5.74, 6) is 1.62. The minimum atomic E-state index is 0.576. The van der Waals surface area contributed by atoms with Gasteiger partial charge in [0.1, 0.15) is 5.75 Å². The summed E-state index contributed by atoms with van der Waals surface area (Å²) in [5, 5.41) is 0. The summed E-state index contributed by atoms with van der Waals surface area (Å²) in [6, 6.07) is 6.64. The quantitative estimate of drug-likeness (QED) is 0.801. The third-order valence-electron chi connectivity index (χ3n) is 4.49. The summed E-state index contributed by atoms with van der Waals surface area (Å²) < 4.78 is 5.52. The predicted molar refractivity (Wildman–Crippen MR) is 89.3 cm³/mol. The van der Waals surface area contributed by atoms with E-state index in [4.69, 9.17) is 4.74 Å². The molecular formula is C18H30N2O. The van der Waals surface area contributed by atoms with Gasteiger partial charge in [0.25, 0.3) is 0 Å². The molecule has 0 atom stereocenters. The van der Waals surface area contributed by atoms with Crippen molar-refractivity contribution in [2.45, 2.75) is 32.6 Å². The van der Waals surface area contributed by atoms with Gasteiger partial charge in [0.05, 0.1) is 7.11 Å². The van der Waals surface area contributed by atoms with Crippen molar-refractivity contribution in [2.24, 2.45) is 0 Å². The number of benzene rings is 1. The first kappa shape index (κ1) is 16.3.